The second-order valence-electron chi connectivity index (χ2n) is 6.17. The summed E-state index contributed by atoms with van der Waals surface area (Å²) in [5.41, 5.74) is 7.24. The van der Waals surface area contributed by atoms with Crippen molar-refractivity contribution >= 4 is 34.1 Å². The van der Waals surface area contributed by atoms with Crippen LogP contribution in [0.4, 0.5) is 5.00 Å². The Hall–Kier alpha value is -3.45. The van der Waals surface area contributed by atoms with Gasteiger partial charge in [-0.2, -0.15) is 0 Å². The molecule has 3 aromatic rings. The Morgan fingerprint density at radius 2 is 1.61 bits per heavy atom. The van der Waals surface area contributed by atoms with Crippen LogP contribution in [0.25, 0.3) is 0 Å². The molecule has 0 aliphatic carbocycles. The van der Waals surface area contributed by atoms with Crippen molar-refractivity contribution in [3.63, 3.8) is 0 Å². The van der Waals surface area contributed by atoms with Crippen LogP contribution in [-0.4, -0.2) is 17.8 Å². The van der Waals surface area contributed by atoms with E-state index in [2.05, 4.69) is 5.32 Å². The molecule has 3 N–H and O–H groups in total. The Morgan fingerprint density at radius 3 is 2.21 bits per heavy atom. The topological polar surface area (TPSA) is 112 Å². The molecule has 0 saturated heterocycles. The summed E-state index contributed by atoms with van der Waals surface area (Å²) in [6.45, 7) is 1.78. The first-order valence-electron chi connectivity index (χ1n) is 8.46. The van der Waals surface area contributed by atoms with Gasteiger partial charge >= 0.3 is 0 Å². The maximum absolute atomic E-state index is 12.6. The van der Waals surface area contributed by atoms with Gasteiger partial charge in [0.05, 0.1) is 11.5 Å². The van der Waals surface area contributed by atoms with E-state index in [4.69, 9.17) is 5.73 Å². The van der Waals surface area contributed by atoms with Gasteiger partial charge in [-0.05, 0) is 24.1 Å². The van der Waals surface area contributed by atoms with E-state index in [1.165, 1.54) is 29.5 Å². The lowest BCUT2D eigenvalue weighted by atomic mass is 10.1. The SMILES string of the molecule is Cc1c(Cc2ccccc2)sc(NC(=O)c2ccccc2C(=O)[O-])c1C(N)=O. The number of nitrogens with one attached hydrogen (secondary N) is 1. The summed E-state index contributed by atoms with van der Waals surface area (Å²) < 4.78 is 0. The second kappa shape index (κ2) is 8.06. The molecule has 0 bridgehead atoms. The highest BCUT2D eigenvalue weighted by Gasteiger charge is 2.22. The summed E-state index contributed by atoms with van der Waals surface area (Å²) in [6, 6.07) is 15.4. The largest absolute Gasteiger partial charge is 0.545 e. The Bertz CT molecular complexity index is 1060. The number of carboxylic acid groups (broad SMARTS) is 1. The molecule has 2 aromatic carbocycles. The molecule has 142 valence electrons. The van der Waals surface area contributed by atoms with E-state index < -0.39 is 17.8 Å². The van der Waals surface area contributed by atoms with E-state index in [-0.39, 0.29) is 16.7 Å². The average Bonchev–Trinajstić information content (AvgIpc) is 2.97. The fraction of sp³-hybridized carbons (Fsp3) is 0.0952. The molecule has 28 heavy (non-hydrogen) atoms. The second-order valence-corrected chi connectivity index (χ2v) is 7.27. The summed E-state index contributed by atoms with van der Waals surface area (Å²) >= 11 is 1.25. The zero-order chi connectivity index (χ0) is 20.3. The fourth-order valence-corrected chi connectivity index (χ4v) is 4.16. The van der Waals surface area contributed by atoms with Gasteiger partial charge in [0.15, 0.2) is 0 Å². The van der Waals surface area contributed by atoms with Crippen LogP contribution in [0.2, 0.25) is 0 Å². The van der Waals surface area contributed by atoms with Gasteiger partial charge in [-0.3, -0.25) is 9.59 Å². The molecule has 0 radical (unpaired) electrons. The maximum atomic E-state index is 12.6. The van der Waals surface area contributed by atoms with Gasteiger partial charge in [0, 0.05) is 22.4 Å². The van der Waals surface area contributed by atoms with Crippen molar-refractivity contribution < 1.29 is 19.5 Å². The lowest BCUT2D eigenvalue weighted by molar-refractivity contribution is -0.255. The van der Waals surface area contributed by atoms with Crippen LogP contribution in [-0.2, 0) is 6.42 Å². The number of aromatic carboxylic acids is 1. The van der Waals surface area contributed by atoms with Gasteiger partial charge in [0.1, 0.15) is 5.00 Å². The highest BCUT2D eigenvalue weighted by Crippen LogP contribution is 2.34. The lowest BCUT2D eigenvalue weighted by Gasteiger charge is -2.10. The molecule has 3 rings (SSSR count). The highest BCUT2D eigenvalue weighted by atomic mass is 32.1. The average molecular weight is 393 g/mol. The Balaban J connectivity index is 1.96. The molecule has 0 unspecified atom stereocenters. The predicted octanol–water partition coefficient (Wildman–Crippen LogP) is 2.36. The van der Waals surface area contributed by atoms with E-state index >= 15 is 0 Å². The van der Waals surface area contributed by atoms with E-state index in [1.807, 2.05) is 30.3 Å². The number of carbonyl (C=O) groups excluding carboxylic acids is 3. The number of amides is 2. The first-order chi connectivity index (χ1) is 13.4. The Morgan fingerprint density at radius 1 is 1.00 bits per heavy atom. The number of benzene rings is 2. The van der Waals surface area contributed by atoms with Crippen LogP contribution in [0.15, 0.2) is 54.6 Å². The minimum atomic E-state index is -1.45. The van der Waals surface area contributed by atoms with E-state index in [0.29, 0.717) is 17.0 Å². The third-order valence-corrected chi connectivity index (χ3v) is 5.53. The normalized spacial score (nSPS) is 10.5. The molecule has 1 aromatic heterocycles. The van der Waals surface area contributed by atoms with E-state index in [0.717, 1.165) is 10.4 Å². The minimum absolute atomic E-state index is 0.0476. The molecule has 0 aliphatic rings. The number of carboxylic acids is 1. The van der Waals surface area contributed by atoms with Gasteiger partial charge in [-0.25, -0.2) is 0 Å². The van der Waals surface area contributed by atoms with Crippen molar-refractivity contribution in [3.05, 3.63) is 87.3 Å². The minimum Gasteiger partial charge on any atom is -0.545 e. The number of hydrogen-bond acceptors (Lipinski definition) is 5. The lowest BCUT2D eigenvalue weighted by Crippen LogP contribution is -2.26. The van der Waals surface area contributed by atoms with Gasteiger partial charge in [-0.1, -0.05) is 48.5 Å². The van der Waals surface area contributed by atoms with Gasteiger partial charge in [-0.15, -0.1) is 11.3 Å². The van der Waals surface area contributed by atoms with Gasteiger partial charge in [0.2, 0.25) is 0 Å². The maximum Gasteiger partial charge on any atom is 0.256 e. The van der Waals surface area contributed by atoms with Gasteiger partial charge < -0.3 is 21.0 Å². The standard InChI is InChI=1S/C21H18N2O4S/c1-12-16(11-13-7-3-2-4-8-13)28-20(17(12)18(22)24)23-19(25)14-9-5-6-10-15(14)21(26)27/h2-10H,11H2,1H3,(H2,22,24)(H,23,25)(H,26,27)/p-1. The summed E-state index contributed by atoms with van der Waals surface area (Å²) in [6.07, 6.45) is 0.586. The Kier molecular flexibility index (Phi) is 5.56. The van der Waals surface area contributed by atoms with Crippen LogP contribution < -0.4 is 16.2 Å². The molecule has 7 heteroatoms. The molecule has 1 heterocycles. The van der Waals surface area contributed by atoms with Crippen LogP contribution >= 0.6 is 11.3 Å². The molecular formula is C21H17N2O4S-. The zero-order valence-corrected chi connectivity index (χ0v) is 15.8. The summed E-state index contributed by atoms with van der Waals surface area (Å²) in [4.78, 5) is 36.8. The fourth-order valence-electron chi connectivity index (χ4n) is 2.92. The number of primary amides is 1. The molecular weight excluding hydrogens is 376 g/mol. The van der Waals surface area contributed by atoms with Crippen molar-refractivity contribution in [1.29, 1.82) is 0 Å². The van der Waals surface area contributed by atoms with Crippen molar-refractivity contribution in [2.45, 2.75) is 13.3 Å². The van der Waals surface area contributed by atoms with Crippen LogP contribution in [0.3, 0.4) is 0 Å². The molecule has 2 amide bonds. The number of rotatable bonds is 6. The molecule has 0 fully saturated rings. The Labute approximate surface area is 165 Å². The quantitative estimate of drug-likeness (QED) is 0.669. The number of anilines is 1. The highest BCUT2D eigenvalue weighted by molar-refractivity contribution is 7.17. The zero-order valence-electron chi connectivity index (χ0n) is 15.0. The van der Waals surface area contributed by atoms with E-state index in [9.17, 15) is 19.5 Å². The van der Waals surface area contributed by atoms with Crippen LogP contribution in [0.5, 0.6) is 0 Å². The molecule has 6 nitrogen and oxygen atoms in total. The summed E-state index contributed by atoms with van der Waals surface area (Å²) in [7, 11) is 0. The van der Waals surface area contributed by atoms with Crippen LogP contribution in [0, 0.1) is 6.92 Å². The third kappa shape index (κ3) is 3.94. The van der Waals surface area contributed by atoms with Crippen molar-refractivity contribution in [1.82, 2.24) is 0 Å². The van der Waals surface area contributed by atoms with Gasteiger partial charge in [0.25, 0.3) is 11.8 Å². The monoisotopic (exact) mass is 393 g/mol. The van der Waals surface area contributed by atoms with Crippen molar-refractivity contribution in [2.75, 3.05) is 5.32 Å². The van der Waals surface area contributed by atoms with Crippen LogP contribution in [0.1, 0.15) is 47.1 Å². The van der Waals surface area contributed by atoms with Crippen molar-refractivity contribution in [3.8, 4) is 0 Å². The number of carbonyl (C=O) groups is 3. The smallest absolute Gasteiger partial charge is 0.256 e. The summed E-state index contributed by atoms with van der Waals surface area (Å²) in [5.74, 6) is -2.75. The third-order valence-electron chi connectivity index (χ3n) is 4.32. The first-order valence-corrected chi connectivity index (χ1v) is 9.28. The molecule has 0 saturated carbocycles. The molecule has 0 aliphatic heterocycles. The van der Waals surface area contributed by atoms with E-state index in [1.54, 1.807) is 13.0 Å². The first kappa shape index (κ1) is 19.3. The molecule has 0 spiro atoms. The van der Waals surface area contributed by atoms with Crippen molar-refractivity contribution in [2.24, 2.45) is 5.73 Å². The molecule has 0 atom stereocenters. The predicted molar refractivity (Wildman–Crippen MR) is 106 cm³/mol. The number of thiophene rings is 1. The summed E-state index contributed by atoms with van der Waals surface area (Å²) in [5, 5.41) is 14.2. The number of hydrogen-bond donors (Lipinski definition) is 2. The number of nitrogens with two attached hydrogens (primary N) is 1.